The van der Waals surface area contributed by atoms with E-state index >= 15 is 0 Å². The maximum atomic E-state index is 10.4. The maximum Gasteiger partial charge on any atom is 0.328 e. The van der Waals surface area contributed by atoms with Crippen molar-refractivity contribution in [1.82, 2.24) is 9.97 Å². The van der Waals surface area contributed by atoms with E-state index in [1.165, 1.54) is 6.08 Å². The summed E-state index contributed by atoms with van der Waals surface area (Å²) < 4.78 is 5.09. The third-order valence-electron chi connectivity index (χ3n) is 2.86. The van der Waals surface area contributed by atoms with Gasteiger partial charge in [0.05, 0.1) is 6.61 Å². The first-order chi connectivity index (χ1) is 9.20. The Balaban J connectivity index is 2.04. The molecule has 1 N–H and O–H groups in total. The van der Waals surface area contributed by atoms with Gasteiger partial charge < -0.3 is 14.7 Å². The van der Waals surface area contributed by atoms with E-state index in [0.717, 1.165) is 25.5 Å². The molecule has 19 heavy (non-hydrogen) atoms. The Hall–Kier alpha value is -1.95. The van der Waals surface area contributed by atoms with Crippen LogP contribution in [0.2, 0.25) is 0 Å². The van der Waals surface area contributed by atoms with Crippen molar-refractivity contribution in [3.63, 3.8) is 0 Å². The molecular formula is C13H17N3O3. The van der Waals surface area contributed by atoms with Gasteiger partial charge in [-0.3, -0.25) is 0 Å². The van der Waals surface area contributed by atoms with Gasteiger partial charge in [0.15, 0.2) is 0 Å². The lowest BCUT2D eigenvalue weighted by Crippen LogP contribution is -2.31. The van der Waals surface area contributed by atoms with Crippen molar-refractivity contribution in [3.8, 4) is 0 Å². The number of ether oxygens (including phenoxy) is 1. The van der Waals surface area contributed by atoms with E-state index in [4.69, 9.17) is 9.84 Å². The molecule has 0 aliphatic heterocycles. The summed E-state index contributed by atoms with van der Waals surface area (Å²) in [6.45, 7) is 1.41. The van der Waals surface area contributed by atoms with Crippen molar-refractivity contribution in [3.05, 3.63) is 24.0 Å². The number of aromatic nitrogens is 2. The van der Waals surface area contributed by atoms with E-state index in [0.29, 0.717) is 24.2 Å². The second-order valence-corrected chi connectivity index (χ2v) is 4.41. The number of carbonyl (C=O) groups is 1. The molecule has 0 aromatic carbocycles. The lowest BCUT2D eigenvalue weighted by molar-refractivity contribution is -0.131. The molecule has 2 rings (SSSR count). The molecule has 1 aromatic heterocycles. The lowest BCUT2D eigenvalue weighted by Gasteiger charge is -2.21. The molecule has 0 radical (unpaired) electrons. The van der Waals surface area contributed by atoms with E-state index in [-0.39, 0.29) is 0 Å². The van der Waals surface area contributed by atoms with Gasteiger partial charge in [-0.1, -0.05) is 0 Å². The van der Waals surface area contributed by atoms with Crippen molar-refractivity contribution in [2.24, 2.45) is 0 Å². The van der Waals surface area contributed by atoms with Crippen LogP contribution in [0, 0.1) is 0 Å². The topological polar surface area (TPSA) is 75.5 Å². The third-order valence-corrected chi connectivity index (χ3v) is 2.86. The van der Waals surface area contributed by atoms with E-state index in [9.17, 15) is 4.79 Å². The molecule has 0 spiro atoms. The average molecular weight is 263 g/mol. The highest BCUT2D eigenvalue weighted by atomic mass is 16.5. The fourth-order valence-electron chi connectivity index (χ4n) is 1.75. The summed E-state index contributed by atoms with van der Waals surface area (Å²) in [7, 11) is 1.67. The van der Waals surface area contributed by atoms with Crippen LogP contribution in [0.3, 0.4) is 0 Å². The van der Waals surface area contributed by atoms with E-state index in [2.05, 4.69) is 14.9 Å². The number of nitrogens with zero attached hydrogens (tertiary/aromatic N) is 3. The summed E-state index contributed by atoms with van der Waals surface area (Å²) in [6, 6.07) is 0.510. The van der Waals surface area contributed by atoms with Gasteiger partial charge >= 0.3 is 5.97 Å². The Morgan fingerprint density at radius 2 is 2.21 bits per heavy atom. The number of hydrogen-bond acceptors (Lipinski definition) is 5. The van der Waals surface area contributed by atoms with Crippen molar-refractivity contribution >= 4 is 18.0 Å². The molecule has 102 valence electrons. The molecule has 1 saturated carbocycles. The van der Waals surface area contributed by atoms with Crippen LogP contribution < -0.4 is 4.90 Å². The minimum atomic E-state index is -0.983. The molecule has 0 atom stereocenters. The number of rotatable bonds is 7. The summed E-state index contributed by atoms with van der Waals surface area (Å²) in [6.07, 6.45) is 8.13. The number of hydrogen-bond donors (Lipinski definition) is 1. The largest absolute Gasteiger partial charge is 0.478 e. The number of carboxylic acids is 1. The monoisotopic (exact) mass is 263 g/mol. The van der Waals surface area contributed by atoms with Crippen LogP contribution in [0.25, 0.3) is 6.08 Å². The molecule has 1 aliphatic rings. The Morgan fingerprint density at radius 1 is 1.53 bits per heavy atom. The maximum absolute atomic E-state index is 10.4. The second-order valence-electron chi connectivity index (χ2n) is 4.41. The molecule has 6 heteroatoms. The van der Waals surface area contributed by atoms with Crippen LogP contribution in [0.5, 0.6) is 0 Å². The first-order valence-electron chi connectivity index (χ1n) is 6.19. The predicted octanol–water partition coefficient (Wildman–Crippen LogP) is 1.19. The standard InChI is InChI=1S/C13H17N3O3/c1-19-7-6-16(11-3-4-11)13-14-8-10(9-15-13)2-5-12(17)18/h2,5,8-9,11H,3-4,6-7H2,1H3,(H,17,18)/b5-2+. The summed E-state index contributed by atoms with van der Waals surface area (Å²) in [5, 5.41) is 8.55. The van der Waals surface area contributed by atoms with Gasteiger partial charge in [-0.15, -0.1) is 0 Å². The highest BCUT2D eigenvalue weighted by molar-refractivity contribution is 5.85. The number of anilines is 1. The summed E-state index contributed by atoms with van der Waals surface area (Å²) >= 11 is 0. The molecule has 1 fully saturated rings. The first kappa shape index (κ1) is 13.5. The van der Waals surface area contributed by atoms with Gasteiger partial charge in [-0.25, -0.2) is 14.8 Å². The Bertz CT molecular complexity index is 455. The molecule has 0 unspecified atom stereocenters. The highest BCUT2D eigenvalue weighted by Gasteiger charge is 2.30. The van der Waals surface area contributed by atoms with Crippen molar-refractivity contribution in [1.29, 1.82) is 0 Å². The first-order valence-corrected chi connectivity index (χ1v) is 6.19. The fraction of sp³-hybridized carbons (Fsp3) is 0.462. The summed E-state index contributed by atoms with van der Waals surface area (Å²) in [5.74, 6) is -0.309. The Labute approximate surface area is 111 Å². The van der Waals surface area contributed by atoms with E-state index in [1.807, 2.05) is 0 Å². The zero-order chi connectivity index (χ0) is 13.7. The van der Waals surface area contributed by atoms with Crippen LogP contribution in [0.4, 0.5) is 5.95 Å². The van der Waals surface area contributed by atoms with Crippen LogP contribution in [0.15, 0.2) is 18.5 Å². The van der Waals surface area contributed by atoms with Crippen LogP contribution in [-0.4, -0.2) is 47.3 Å². The van der Waals surface area contributed by atoms with Crippen LogP contribution >= 0.6 is 0 Å². The second kappa shape index (κ2) is 6.29. The quantitative estimate of drug-likeness (QED) is 0.745. The Morgan fingerprint density at radius 3 is 2.74 bits per heavy atom. The summed E-state index contributed by atoms with van der Waals surface area (Å²) in [4.78, 5) is 21.1. The number of carboxylic acid groups (broad SMARTS) is 1. The van der Waals surface area contributed by atoms with Crippen LogP contribution in [0.1, 0.15) is 18.4 Å². The molecule has 0 saturated heterocycles. The lowest BCUT2D eigenvalue weighted by atomic mass is 10.3. The minimum Gasteiger partial charge on any atom is -0.478 e. The predicted molar refractivity (Wildman–Crippen MR) is 70.9 cm³/mol. The van der Waals surface area contributed by atoms with E-state index < -0.39 is 5.97 Å². The zero-order valence-corrected chi connectivity index (χ0v) is 10.8. The average Bonchev–Trinajstić information content (AvgIpc) is 3.23. The molecule has 1 heterocycles. The minimum absolute atomic E-state index is 0.510. The van der Waals surface area contributed by atoms with Crippen molar-refractivity contribution in [2.45, 2.75) is 18.9 Å². The Kier molecular flexibility index (Phi) is 4.46. The SMILES string of the molecule is COCCN(c1ncc(/C=C/C(=O)O)cn1)C1CC1. The van der Waals surface area contributed by atoms with Gasteiger partial charge in [0, 0.05) is 43.7 Å². The molecule has 6 nitrogen and oxygen atoms in total. The number of aliphatic carboxylic acids is 1. The van der Waals surface area contributed by atoms with E-state index in [1.54, 1.807) is 19.5 Å². The van der Waals surface area contributed by atoms with Crippen LogP contribution in [-0.2, 0) is 9.53 Å². The van der Waals surface area contributed by atoms with Gasteiger partial charge in [0.2, 0.25) is 5.95 Å². The molecule has 1 aliphatic carbocycles. The van der Waals surface area contributed by atoms with Crippen molar-refractivity contribution < 1.29 is 14.6 Å². The van der Waals surface area contributed by atoms with Crippen molar-refractivity contribution in [2.75, 3.05) is 25.2 Å². The normalized spacial score (nSPS) is 14.8. The van der Waals surface area contributed by atoms with Gasteiger partial charge in [0.1, 0.15) is 0 Å². The number of methoxy groups -OCH3 is 1. The molecule has 0 amide bonds. The molecule has 1 aromatic rings. The summed E-state index contributed by atoms with van der Waals surface area (Å²) in [5.41, 5.74) is 0.675. The molecular weight excluding hydrogens is 246 g/mol. The fourth-order valence-corrected chi connectivity index (χ4v) is 1.75. The smallest absolute Gasteiger partial charge is 0.328 e. The highest BCUT2D eigenvalue weighted by Crippen LogP contribution is 2.29. The van der Waals surface area contributed by atoms with Gasteiger partial charge in [-0.2, -0.15) is 0 Å². The van der Waals surface area contributed by atoms with Gasteiger partial charge in [-0.05, 0) is 18.9 Å². The third kappa shape index (κ3) is 4.03. The molecule has 0 bridgehead atoms. The van der Waals surface area contributed by atoms with Gasteiger partial charge in [0.25, 0.3) is 0 Å². The zero-order valence-electron chi connectivity index (χ0n) is 10.8.